The third-order valence-corrected chi connectivity index (χ3v) is 3.36. The predicted octanol–water partition coefficient (Wildman–Crippen LogP) is 4.21. The molecule has 0 unspecified atom stereocenters. The van der Waals surface area contributed by atoms with Crippen LogP contribution in [0.3, 0.4) is 0 Å². The van der Waals surface area contributed by atoms with E-state index in [1.165, 1.54) is 6.07 Å². The van der Waals surface area contributed by atoms with Gasteiger partial charge in [-0.15, -0.1) is 0 Å². The number of hydrogen-bond acceptors (Lipinski definition) is 3. The third-order valence-electron chi connectivity index (χ3n) is 2.62. The molecule has 0 atom stereocenters. The SMILES string of the molecule is CCNc1ncc(F)cc1C(=O)Nc1ccc(Cl)c(Cl)c1. The molecule has 21 heavy (non-hydrogen) atoms. The van der Waals surface area contributed by atoms with E-state index in [2.05, 4.69) is 15.6 Å². The Morgan fingerprint density at radius 3 is 2.71 bits per heavy atom. The molecule has 1 amide bonds. The van der Waals surface area contributed by atoms with Gasteiger partial charge in [-0.3, -0.25) is 4.79 Å². The molecule has 1 heterocycles. The first kappa shape index (κ1) is 15.5. The van der Waals surface area contributed by atoms with Crippen molar-refractivity contribution in [2.75, 3.05) is 17.2 Å². The highest BCUT2D eigenvalue weighted by molar-refractivity contribution is 6.42. The quantitative estimate of drug-likeness (QED) is 0.884. The Hall–Kier alpha value is -1.85. The van der Waals surface area contributed by atoms with Crippen LogP contribution in [0.1, 0.15) is 17.3 Å². The highest BCUT2D eigenvalue weighted by Crippen LogP contribution is 2.25. The molecule has 4 nitrogen and oxygen atoms in total. The van der Waals surface area contributed by atoms with Gasteiger partial charge in [-0.1, -0.05) is 23.2 Å². The van der Waals surface area contributed by atoms with Gasteiger partial charge in [-0.05, 0) is 31.2 Å². The van der Waals surface area contributed by atoms with Crippen molar-refractivity contribution >= 4 is 40.6 Å². The van der Waals surface area contributed by atoms with Gasteiger partial charge in [-0.2, -0.15) is 0 Å². The molecule has 2 N–H and O–H groups in total. The summed E-state index contributed by atoms with van der Waals surface area (Å²) in [6, 6.07) is 5.81. The smallest absolute Gasteiger partial charge is 0.259 e. The van der Waals surface area contributed by atoms with Crippen LogP contribution < -0.4 is 10.6 Å². The number of pyridine rings is 1. The minimum absolute atomic E-state index is 0.114. The third kappa shape index (κ3) is 3.83. The molecule has 2 aromatic rings. The van der Waals surface area contributed by atoms with Gasteiger partial charge in [0.25, 0.3) is 5.91 Å². The van der Waals surface area contributed by atoms with Crippen molar-refractivity contribution < 1.29 is 9.18 Å². The molecule has 0 aliphatic carbocycles. The number of anilines is 2. The Balaban J connectivity index is 2.27. The number of halogens is 3. The summed E-state index contributed by atoms with van der Waals surface area (Å²) in [4.78, 5) is 16.1. The number of nitrogens with zero attached hydrogens (tertiary/aromatic N) is 1. The van der Waals surface area contributed by atoms with Crippen LogP contribution in [0.2, 0.25) is 10.0 Å². The first-order valence-electron chi connectivity index (χ1n) is 6.17. The van der Waals surface area contributed by atoms with Gasteiger partial charge in [-0.25, -0.2) is 9.37 Å². The van der Waals surface area contributed by atoms with Crippen LogP contribution in [0, 0.1) is 5.82 Å². The number of nitrogens with one attached hydrogen (secondary N) is 2. The van der Waals surface area contributed by atoms with Crippen molar-refractivity contribution in [3.8, 4) is 0 Å². The molecule has 0 saturated heterocycles. The normalized spacial score (nSPS) is 10.3. The molecule has 110 valence electrons. The summed E-state index contributed by atoms with van der Waals surface area (Å²) in [5.74, 6) is -0.760. The van der Waals surface area contributed by atoms with Gasteiger partial charge in [0.1, 0.15) is 11.6 Å². The van der Waals surface area contributed by atoms with Crippen molar-refractivity contribution in [1.29, 1.82) is 0 Å². The number of carbonyl (C=O) groups excluding carboxylic acids is 1. The van der Waals surface area contributed by atoms with E-state index in [0.717, 1.165) is 12.3 Å². The molecule has 0 saturated carbocycles. The first-order valence-corrected chi connectivity index (χ1v) is 6.92. The van der Waals surface area contributed by atoms with Gasteiger partial charge >= 0.3 is 0 Å². The molecule has 0 bridgehead atoms. The number of rotatable bonds is 4. The first-order chi connectivity index (χ1) is 10.0. The summed E-state index contributed by atoms with van der Waals surface area (Å²) in [5.41, 5.74) is 0.573. The zero-order valence-corrected chi connectivity index (χ0v) is 12.6. The van der Waals surface area contributed by atoms with E-state index >= 15 is 0 Å². The second-order valence-electron chi connectivity index (χ2n) is 4.16. The van der Waals surface area contributed by atoms with Crippen LogP contribution in [0.15, 0.2) is 30.5 Å². The summed E-state index contributed by atoms with van der Waals surface area (Å²) < 4.78 is 13.3. The summed E-state index contributed by atoms with van der Waals surface area (Å²) in [5, 5.41) is 6.23. The summed E-state index contributed by atoms with van der Waals surface area (Å²) in [7, 11) is 0. The lowest BCUT2D eigenvalue weighted by atomic mass is 10.2. The van der Waals surface area contributed by atoms with Crippen molar-refractivity contribution in [2.45, 2.75) is 6.92 Å². The van der Waals surface area contributed by atoms with Crippen LogP contribution in [0.5, 0.6) is 0 Å². The Bertz CT molecular complexity index is 679. The molecular weight excluding hydrogens is 316 g/mol. The van der Waals surface area contributed by atoms with E-state index in [4.69, 9.17) is 23.2 Å². The van der Waals surface area contributed by atoms with E-state index in [-0.39, 0.29) is 5.56 Å². The van der Waals surface area contributed by atoms with E-state index in [1.54, 1.807) is 12.1 Å². The van der Waals surface area contributed by atoms with Crippen LogP contribution in [-0.2, 0) is 0 Å². The predicted molar refractivity (Wildman–Crippen MR) is 82.8 cm³/mol. The Morgan fingerprint density at radius 2 is 2.05 bits per heavy atom. The lowest BCUT2D eigenvalue weighted by Gasteiger charge is -2.10. The standard InChI is InChI=1S/C14H12Cl2FN3O/c1-2-18-13-10(5-8(17)7-19-13)14(21)20-9-3-4-11(15)12(16)6-9/h3-7H,2H2,1H3,(H,18,19)(H,20,21). The number of hydrogen-bond donors (Lipinski definition) is 2. The molecule has 0 radical (unpaired) electrons. The number of carbonyl (C=O) groups is 1. The topological polar surface area (TPSA) is 54.0 Å². The highest BCUT2D eigenvalue weighted by atomic mass is 35.5. The molecule has 0 fully saturated rings. The second-order valence-corrected chi connectivity index (χ2v) is 4.98. The minimum Gasteiger partial charge on any atom is -0.370 e. The Labute approximate surface area is 131 Å². The maximum atomic E-state index is 13.3. The average molecular weight is 328 g/mol. The summed E-state index contributed by atoms with van der Waals surface area (Å²) >= 11 is 11.7. The maximum Gasteiger partial charge on any atom is 0.259 e. The largest absolute Gasteiger partial charge is 0.370 e. The monoisotopic (exact) mass is 327 g/mol. The number of amides is 1. The molecule has 1 aromatic heterocycles. The van der Waals surface area contributed by atoms with E-state index in [9.17, 15) is 9.18 Å². The lowest BCUT2D eigenvalue weighted by Crippen LogP contribution is -2.16. The fourth-order valence-corrected chi connectivity index (χ4v) is 1.99. The van der Waals surface area contributed by atoms with E-state index < -0.39 is 11.7 Å². The number of benzene rings is 1. The van der Waals surface area contributed by atoms with Gasteiger partial charge in [0.05, 0.1) is 21.8 Å². The van der Waals surface area contributed by atoms with Crippen LogP contribution in [0.4, 0.5) is 15.9 Å². The molecule has 7 heteroatoms. The average Bonchev–Trinajstić information content (AvgIpc) is 2.45. The Kier molecular flexibility index (Phi) is 4.98. The van der Waals surface area contributed by atoms with Gasteiger partial charge in [0.15, 0.2) is 0 Å². The van der Waals surface area contributed by atoms with Crippen molar-refractivity contribution in [2.24, 2.45) is 0 Å². The second kappa shape index (κ2) is 6.74. The van der Waals surface area contributed by atoms with Crippen molar-refractivity contribution in [3.63, 3.8) is 0 Å². The van der Waals surface area contributed by atoms with Crippen molar-refractivity contribution in [3.05, 3.63) is 51.9 Å². The van der Waals surface area contributed by atoms with E-state index in [0.29, 0.717) is 28.1 Å². The zero-order chi connectivity index (χ0) is 15.4. The van der Waals surface area contributed by atoms with Crippen LogP contribution in [-0.4, -0.2) is 17.4 Å². The highest BCUT2D eigenvalue weighted by Gasteiger charge is 2.14. The molecule has 0 aliphatic heterocycles. The molecule has 0 aliphatic rings. The van der Waals surface area contributed by atoms with Crippen LogP contribution in [0.25, 0.3) is 0 Å². The van der Waals surface area contributed by atoms with Crippen molar-refractivity contribution in [1.82, 2.24) is 4.98 Å². The van der Waals surface area contributed by atoms with Crippen LogP contribution >= 0.6 is 23.2 Å². The van der Waals surface area contributed by atoms with Gasteiger partial charge < -0.3 is 10.6 Å². The fraction of sp³-hybridized carbons (Fsp3) is 0.143. The number of aromatic nitrogens is 1. The Morgan fingerprint density at radius 1 is 1.29 bits per heavy atom. The zero-order valence-electron chi connectivity index (χ0n) is 11.1. The summed E-state index contributed by atoms with van der Waals surface area (Å²) in [6.45, 7) is 2.41. The van der Waals surface area contributed by atoms with Gasteiger partial charge in [0.2, 0.25) is 0 Å². The maximum absolute atomic E-state index is 13.3. The summed E-state index contributed by atoms with van der Waals surface area (Å²) in [6.07, 6.45) is 1.05. The lowest BCUT2D eigenvalue weighted by molar-refractivity contribution is 0.102. The molecular formula is C14H12Cl2FN3O. The minimum atomic E-state index is -0.587. The molecule has 1 aromatic carbocycles. The fourth-order valence-electron chi connectivity index (χ4n) is 1.69. The van der Waals surface area contributed by atoms with E-state index in [1.807, 2.05) is 6.92 Å². The van der Waals surface area contributed by atoms with Gasteiger partial charge in [0, 0.05) is 12.2 Å². The molecule has 2 rings (SSSR count). The molecule has 0 spiro atoms.